The highest BCUT2D eigenvalue weighted by Crippen LogP contribution is 2.13. The molecule has 0 saturated heterocycles. The predicted octanol–water partition coefficient (Wildman–Crippen LogP) is 2.93. The van der Waals surface area contributed by atoms with Crippen molar-refractivity contribution in [3.05, 3.63) is 35.4 Å². The van der Waals surface area contributed by atoms with Crippen LogP contribution in [-0.2, 0) is 11.2 Å². The van der Waals surface area contributed by atoms with E-state index in [-0.39, 0.29) is 0 Å². The van der Waals surface area contributed by atoms with Gasteiger partial charge in [0.05, 0.1) is 6.10 Å². The predicted molar refractivity (Wildman–Crippen MR) is 73.1 cm³/mol. The molecule has 1 aromatic rings. The molecule has 0 aromatic heterocycles. The molecule has 0 heterocycles. The van der Waals surface area contributed by atoms with Gasteiger partial charge in [0.15, 0.2) is 0 Å². The molecule has 2 nitrogen and oxygen atoms in total. The summed E-state index contributed by atoms with van der Waals surface area (Å²) in [7, 11) is 0. The van der Waals surface area contributed by atoms with Crippen molar-refractivity contribution in [2.45, 2.75) is 39.7 Å². The first-order valence-electron chi connectivity index (χ1n) is 6.49. The smallest absolute Gasteiger partial charge is 0.0518 e. The Balaban J connectivity index is 2.41. The van der Waals surface area contributed by atoms with Crippen LogP contribution in [0.25, 0.3) is 0 Å². The second kappa shape index (κ2) is 7.46. The fourth-order valence-electron chi connectivity index (χ4n) is 1.95. The molecule has 0 aliphatic rings. The summed E-state index contributed by atoms with van der Waals surface area (Å²) in [6, 6.07) is 8.66. The van der Waals surface area contributed by atoms with Gasteiger partial charge < -0.3 is 10.5 Å². The molecule has 1 atom stereocenters. The standard InChI is InChI=1S/C15H25NO/c1-12(2)17-8-7-15(11-16)10-14-6-4-5-13(3)9-14/h4-6,9,12,15H,7-8,10-11,16H2,1-3H3. The van der Waals surface area contributed by atoms with Crippen LogP contribution in [-0.4, -0.2) is 19.3 Å². The first-order chi connectivity index (χ1) is 8.11. The highest BCUT2D eigenvalue weighted by atomic mass is 16.5. The number of rotatable bonds is 7. The van der Waals surface area contributed by atoms with Gasteiger partial charge in [-0.2, -0.15) is 0 Å². The molecule has 0 fully saturated rings. The molecule has 0 amide bonds. The van der Waals surface area contributed by atoms with Crippen molar-refractivity contribution >= 4 is 0 Å². The molecule has 2 N–H and O–H groups in total. The zero-order chi connectivity index (χ0) is 12.7. The van der Waals surface area contributed by atoms with Gasteiger partial charge in [-0.3, -0.25) is 0 Å². The molecule has 96 valence electrons. The number of ether oxygens (including phenoxy) is 1. The SMILES string of the molecule is Cc1cccc(CC(CN)CCOC(C)C)c1. The Morgan fingerprint density at radius 3 is 2.65 bits per heavy atom. The third kappa shape index (κ3) is 5.85. The summed E-state index contributed by atoms with van der Waals surface area (Å²) < 4.78 is 5.58. The lowest BCUT2D eigenvalue weighted by Gasteiger charge is -2.16. The minimum absolute atomic E-state index is 0.312. The van der Waals surface area contributed by atoms with Crippen LogP contribution in [0.5, 0.6) is 0 Å². The fraction of sp³-hybridized carbons (Fsp3) is 0.600. The summed E-state index contributed by atoms with van der Waals surface area (Å²) in [5.74, 6) is 0.524. The molecule has 17 heavy (non-hydrogen) atoms. The highest BCUT2D eigenvalue weighted by Gasteiger charge is 2.08. The van der Waals surface area contributed by atoms with Crippen molar-refractivity contribution in [2.75, 3.05) is 13.2 Å². The number of aryl methyl sites for hydroxylation is 1. The van der Waals surface area contributed by atoms with E-state index in [4.69, 9.17) is 10.5 Å². The highest BCUT2D eigenvalue weighted by molar-refractivity contribution is 5.22. The van der Waals surface area contributed by atoms with Crippen LogP contribution in [0.15, 0.2) is 24.3 Å². The van der Waals surface area contributed by atoms with Crippen LogP contribution < -0.4 is 5.73 Å². The number of benzene rings is 1. The summed E-state index contributed by atoms with van der Waals surface area (Å²) in [5, 5.41) is 0. The van der Waals surface area contributed by atoms with Gasteiger partial charge in [-0.05, 0) is 51.6 Å². The molecule has 0 bridgehead atoms. The van der Waals surface area contributed by atoms with Gasteiger partial charge in [-0.15, -0.1) is 0 Å². The molecule has 0 radical (unpaired) electrons. The van der Waals surface area contributed by atoms with Gasteiger partial charge in [-0.1, -0.05) is 29.8 Å². The summed E-state index contributed by atoms with van der Waals surface area (Å²) in [6.07, 6.45) is 2.41. The van der Waals surface area contributed by atoms with Gasteiger partial charge >= 0.3 is 0 Å². The lowest BCUT2D eigenvalue weighted by Crippen LogP contribution is -2.19. The molecule has 1 unspecified atom stereocenters. The molecule has 1 aromatic carbocycles. The third-order valence-electron chi connectivity index (χ3n) is 2.92. The number of hydrogen-bond donors (Lipinski definition) is 1. The Kier molecular flexibility index (Phi) is 6.23. The van der Waals surface area contributed by atoms with E-state index in [0.717, 1.165) is 26.0 Å². The molecular formula is C15H25NO. The number of hydrogen-bond acceptors (Lipinski definition) is 2. The van der Waals surface area contributed by atoms with Gasteiger partial charge in [0, 0.05) is 6.61 Å². The zero-order valence-electron chi connectivity index (χ0n) is 11.3. The van der Waals surface area contributed by atoms with Crippen LogP contribution in [0.2, 0.25) is 0 Å². The summed E-state index contributed by atoms with van der Waals surface area (Å²) in [4.78, 5) is 0. The molecule has 0 spiro atoms. The van der Waals surface area contributed by atoms with Crippen molar-refractivity contribution in [1.29, 1.82) is 0 Å². The van der Waals surface area contributed by atoms with Crippen molar-refractivity contribution in [2.24, 2.45) is 11.7 Å². The van der Waals surface area contributed by atoms with Gasteiger partial charge in [0.1, 0.15) is 0 Å². The van der Waals surface area contributed by atoms with Gasteiger partial charge in [0.2, 0.25) is 0 Å². The monoisotopic (exact) mass is 235 g/mol. The average Bonchev–Trinajstić information content (AvgIpc) is 2.27. The largest absolute Gasteiger partial charge is 0.379 e. The normalized spacial score (nSPS) is 13.0. The van der Waals surface area contributed by atoms with Gasteiger partial charge in [-0.25, -0.2) is 0 Å². The maximum Gasteiger partial charge on any atom is 0.0518 e. The van der Waals surface area contributed by atoms with Crippen LogP contribution >= 0.6 is 0 Å². The summed E-state index contributed by atoms with van der Waals surface area (Å²) in [5.41, 5.74) is 8.52. The minimum atomic E-state index is 0.312. The average molecular weight is 235 g/mol. The first-order valence-corrected chi connectivity index (χ1v) is 6.49. The minimum Gasteiger partial charge on any atom is -0.379 e. The maximum absolute atomic E-state index is 5.82. The Morgan fingerprint density at radius 2 is 2.06 bits per heavy atom. The molecular weight excluding hydrogens is 210 g/mol. The van der Waals surface area contributed by atoms with Crippen molar-refractivity contribution in [3.63, 3.8) is 0 Å². The lowest BCUT2D eigenvalue weighted by atomic mass is 9.96. The Morgan fingerprint density at radius 1 is 1.29 bits per heavy atom. The van der Waals surface area contributed by atoms with Crippen molar-refractivity contribution < 1.29 is 4.74 Å². The van der Waals surface area contributed by atoms with E-state index in [1.54, 1.807) is 0 Å². The summed E-state index contributed by atoms with van der Waals surface area (Å²) in [6.45, 7) is 7.81. The lowest BCUT2D eigenvalue weighted by molar-refractivity contribution is 0.0690. The quantitative estimate of drug-likeness (QED) is 0.788. The first kappa shape index (κ1) is 14.2. The Bertz CT molecular complexity index is 322. The van der Waals surface area contributed by atoms with Crippen LogP contribution in [0.1, 0.15) is 31.4 Å². The molecule has 1 rings (SSSR count). The van der Waals surface area contributed by atoms with E-state index < -0.39 is 0 Å². The molecule has 0 saturated carbocycles. The zero-order valence-corrected chi connectivity index (χ0v) is 11.3. The Labute approximate surface area is 105 Å². The van der Waals surface area contributed by atoms with E-state index in [2.05, 4.69) is 45.0 Å². The fourth-order valence-corrected chi connectivity index (χ4v) is 1.95. The number of nitrogens with two attached hydrogens (primary N) is 1. The summed E-state index contributed by atoms with van der Waals surface area (Å²) >= 11 is 0. The second-order valence-electron chi connectivity index (χ2n) is 5.00. The Hall–Kier alpha value is -0.860. The van der Waals surface area contributed by atoms with Crippen LogP contribution in [0.4, 0.5) is 0 Å². The third-order valence-corrected chi connectivity index (χ3v) is 2.92. The molecule has 2 heteroatoms. The van der Waals surface area contributed by atoms with Crippen molar-refractivity contribution in [1.82, 2.24) is 0 Å². The van der Waals surface area contributed by atoms with Crippen LogP contribution in [0, 0.1) is 12.8 Å². The maximum atomic E-state index is 5.82. The van der Waals surface area contributed by atoms with Crippen LogP contribution in [0.3, 0.4) is 0 Å². The second-order valence-corrected chi connectivity index (χ2v) is 5.00. The van der Waals surface area contributed by atoms with E-state index >= 15 is 0 Å². The topological polar surface area (TPSA) is 35.2 Å². The van der Waals surface area contributed by atoms with Crippen molar-refractivity contribution in [3.8, 4) is 0 Å². The molecule has 0 aliphatic carbocycles. The van der Waals surface area contributed by atoms with E-state index in [9.17, 15) is 0 Å². The van der Waals surface area contributed by atoms with E-state index in [1.165, 1.54) is 11.1 Å². The van der Waals surface area contributed by atoms with E-state index in [1.807, 2.05) is 0 Å². The van der Waals surface area contributed by atoms with Gasteiger partial charge in [0.25, 0.3) is 0 Å². The van der Waals surface area contributed by atoms with E-state index in [0.29, 0.717) is 12.0 Å². The molecule has 0 aliphatic heterocycles.